The van der Waals surface area contributed by atoms with Gasteiger partial charge in [-0.1, -0.05) is 0 Å². The normalized spacial score (nSPS) is 10.3. The Morgan fingerprint density at radius 1 is 1.40 bits per heavy atom. The number of nitrogens with one attached hydrogen (secondary N) is 1. The lowest BCUT2D eigenvalue weighted by Crippen LogP contribution is -2.03. The zero-order chi connectivity index (χ0) is 10.7. The molecule has 78 valence electrons. The van der Waals surface area contributed by atoms with Gasteiger partial charge in [0.05, 0.1) is 12.2 Å². The molecule has 0 saturated heterocycles. The summed E-state index contributed by atoms with van der Waals surface area (Å²) in [5, 5.41) is 7.45. The van der Waals surface area contributed by atoms with Crippen molar-refractivity contribution in [1.82, 2.24) is 19.7 Å². The highest BCUT2D eigenvalue weighted by molar-refractivity contribution is 5.34. The highest BCUT2D eigenvalue weighted by Gasteiger charge is 1.98. The molecule has 0 atom stereocenters. The molecule has 2 aromatic rings. The first-order chi connectivity index (χ1) is 7.24. The molecule has 2 aromatic heterocycles. The Hall–Kier alpha value is -1.91. The van der Waals surface area contributed by atoms with Crippen molar-refractivity contribution in [1.29, 1.82) is 0 Å². The minimum absolute atomic E-state index is 0.678. The van der Waals surface area contributed by atoms with Gasteiger partial charge in [-0.05, 0) is 13.0 Å². The van der Waals surface area contributed by atoms with Gasteiger partial charge in [-0.15, -0.1) is 0 Å². The number of rotatable bonds is 3. The molecule has 0 aliphatic heterocycles. The van der Waals surface area contributed by atoms with Crippen molar-refractivity contribution in [2.45, 2.75) is 13.5 Å². The number of nitrogens with zero attached hydrogens (tertiary/aromatic N) is 4. The van der Waals surface area contributed by atoms with Gasteiger partial charge in [0.15, 0.2) is 0 Å². The third-order valence-corrected chi connectivity index (χ3v) is 2.02. The fourth-order valence-electron chi connectivity index (χ4n) is 1.29. The molecule has 0 aromatic carbocycles. The first kappa shape index (κ1) is 9.64. The quantitative estimate of drug-likeness (QED) is 0.812. The zero-order valence-corrected chi connectivity index (χ0v) is 8.81. The van der Waals surface area contributed by atoms with Gasteiger partial charge in [-0.2, -0.15) is 5.10 Å². The van der Waals surface area contributed by atoms with Crippen molar-refractivity contribution in [3.05, 3.63) is 36.0 Å². The Kier molecular flexibility index (Phi) is 2.62. The van der Waals surface area contributed by atoms with Crippen LogP contribution in [0, 0.1) is 6.92 Å². The third-order valence-electron chi connectivity index (χ3n) is 2.02. The maximum atomic E-state index is 4.26. The molecule has 5 nitrogen and oxygen atoms in total. The molecule has 2 rings (SSSR count). The van der Waals surface area contributed by atoms with Crippen LogP contribution in [-0.2, 0) is 13.6 Å². The maximum Gasteiger partial charge on any atom is 0.129 e. The Morgan fingerprint density at radius 2 is 2.27 bits per heavy atom. The maximum absolute atomic E-state index is 4.26. The van der Waals surface area contributed by atoms with Crippen LogP contribution in [0.25, 0.3) is 0 Å². The summed E-state index contributed by atoms with van der Waals surface area (Å²) in [5.41, 5.74) is 1.95. The first-order valence-corrected chi connectivity index (χ1v) is 4.75. The van der Waals surface area contributed by atoms with Crippen LogP contribution in [0.5, 0.6) is 0 Å². The van der Waals surface area contributed by atoms with Gasteiger partial charge in [0.2, 0.25) is 0 Å². The van der Waals surface area contributed by atoms with Gasteiger partial charge in [0.25, 0.3) is 0 Å². The predicted octanol–water partition coefficient (Wildman–Crippen LogP) is 1.13. The summed E-state index contributed by atoms with van der Waals surface area (Å²) in [6.07, 6.45) is 3.47. The third kappa shape index (κ3) is 2.52. The summed E-state index contributed by atoms with van der Waals surface area (Å²) in [6, 6.07) is 3.88. The van der Waals surface area contributed by atoms with Crippen LogP contribution in [0.3, 0.4) is 0 Å². The summed E-state index contributed by atoms with van der Waals surface area (Å²) in [7, 11) is 1.90. The van der Waals surface area contributed by atoms with E-state index in [4.69, 9.17) is 0 Å². The highest BCUT2D eigenvalue weighted by atomic mass is 15.3. The monoisotopic (exact) mass is 203 g/mol. The first-order valence-electron chi connectivity index (χ1n) is 4.75. The minimum Gasteiger partial charge on any atom is -0.364 e. The highest BCUT2D eigenvalue weighted by Crippen LogP contribution is 2.04. The van der Waals surface area contributed by atoms with Crippen LogP contribution in [-0.4, -0.2) is 19.7 Å². The largest absolute Gasteiger partial charge is 0.364 e. The fourth-order valence-corrected chi connectivity index (χ4v) is 1.29. The minimum atomic E-state index is 0.678. The summed E-state index contributed by atoms with van der Waals surface area (Å²) in [5.74, 6) is 0.827. The molecule has 0 spiro atoms. The second-order valence-corrected chi connectivity index (χ2v) is 3.38. The topological polar surface area (TPSA) is 55.6 Å². The molecule has 0 unspecified atom stereocenters. The van der Waals surface area contributed by atoms with Crippen molar-refractivity contribution in [2.24, 2.45) is 7.05 Å². The van der Waals surface area contributed by atoms with E-state index in [1.54, 1.807) is 11.0 Å². The van der Waals surface area contributed by atoms with Crippen LogP contribution < -0.4 is 5.32 Å². The Balaban J connectivity index is 1.99. The molecule has 0 bridgehead atoms. The summed E-state index contributed by atoms with van der Waals surface area (Å²) in [6.45, 7) is 2.62. The number of aryl methyl sites for hydroxylation is 2. The lowest BCUT2D eigenvalue weighted by Gasteiger charge is -2.02. The molecule has 0 aliphatic carbocycles. The molecule has 15 heavy (non-hydrogen) atoms. The molecular formula is C10H13N5. The summed E-state index contributed by atoms with van der Waals surface area (Å²) < 4.78 is 1.78. The number of aromatic nitrogens is 4. The summed E-state index contributed by atoms with van der Waals surface area (Å²) >= 11 is 0. The van der Waals surface area contributed by atoms with Crippen molar-refractivity contribution in [3.63, 3.8) is 0 Å². The lowest BCUT2D eigenvalue weighted by molar-refractivity contribution is 0.747. The van der Waals surface area contributed by atoms with E-state index in [2.05, 4.69) is 20.4 Å². The van der Waals surface area contributed by atoms with E-state index >= 15 is 0 Å². The van der Waals surface area contributed by atoms with Gasteiger partial charge in [-0.25, -0.2) is 9.97 Å². The van der Waals surface area contributed by atoms with Crippen LogP contribution >= 0.6 is 0 Å². The van der Waals surface area contributed by atoms with Crippen LogP contribution in [0.15, 0.2) is 24.7 Å². The van der Waals surface area contributed by atoms with Crippen molar-refractivity contribution < 1.29 is 0 Å². The molecule has 5 heteroatoms. The van der Waals surface area contributed by atoms with Gasteiger partial charge < -0.3 is 5.32 Å². The van der Waals surface area contributed by atoms with Gasteiger partial charge in [0, 0.05) is 25.0 Å². The molecule has 0 radical (unpaired) electrons. The number of anilines is 1. The number of hydrogen-bond acceptors (Lipinski definition) is 4. The molecular weight excluding hydrogens is 190 g/mol. The van der Waals surface area contributed by atoms with Crippen LogP contribution in [0.1, 0.15) is 11.4 Å². The molecule has 0 fully saturated rings. The van der Waals surface area contributed by atoms with Gasteiger partial charge in [0.1, 0.15) is 12.1 Å². The van der Waals surface area contributed by atoms with Crippen molar-refractivity contribution in [2.75, 3.05) is 5.32 Å². The standard InChI is InChI=1S/C10H13N5/c1-8-5-10(13-7-12-8)11-6-9-3-4-15(2)14-9/h3-5,7H,6H2,1-2H3,(H,11,12,13). The van der Waals surface area contributed by atoms with Gasteiger partial charge >= 0.3 is 0 Å². The molecule has 2 heterocycles. The smallest absolute Gasteiger partial charge is 0.129 e. The second kappa shape index (κ2) is 4.08. The Labute approximate surface area is 88.2 Å². The van der Waals surface area contributed by atoms with Crippen molar-refractivity contribution in [3.8, 4) is 0 Å². The van der Waals surface area contributed by atoms with E-state index < -0.39 is 0 Å². The van der Waals surface area contributed by atoms with E-state index in [1.165, 1.54) is 0 Å². The molecule has 0 aliphatic rings. The van der Waals surface area contributed by atoms with Crippen molar-refractivity contribution >= 4 is 5.82 Å². The second-order valence-electron chi connectivity index (χ2n) is 3.38. The fraction of sp³-hybridized carbons (Fsp3) is 0.300. The predicted molar refractivity (Wildman–Crippen MR) is 57.3 cm³/mol. The van der Waals surface area contributed by atoms with E-state index in [0.717, 1.165) is 17.2 Å². The average Bonchev–Trinajstić information content (AvgIpc) is 2.62. The van der Waals surface area contributed by atoms with Gasteiger partial charge in [-0.3, -0.25) is 4.68 Å². The molecule has 1 N–H and O–H groups in total. The van der Waals surface area contributed by atoms with E-state index in [9.17, 15) is 0 Å². The van der Waals surface area contributed by atoms with E-state index in [-0.39, 0.29) is 0 Å². The SMILES string of the molecule is Cc1cc(NCc2ccn(C)n2)ncn1. The molecule has 0 saturated carbocycles. The summed E-state index contributed by atoms with van der Waals surface area (Å²) in [4.78, 5) is 8.13. The molecule has 0 amide bonds. The lowest BCUT2D eigenvalue weighted by atomic mass is 10.4. The van der Waals surface area contributed by atoms with E-state index in [0.29, 0.717) is 6.54 Å². The zero-order valence-electron chi connectivity index (χ0n) is 8.81. The van der Waals surface area contributed by atoms with E-state index in [1.807, 2.05) is 32.3 Å². The Morgan fingerprint density at radius 3 is 2.93 bits per heavy atom. The average molecular weight is 203 g/mol. The van der Waals surface area contributed by atoms with Crippen LogP contribution in [0.2, 0.25) is 0 Å². The number of hydrogen-bond donors (Lipinski definition) is 1. The Bertz CT molecular complexity index is 449. The van der Waals surface area contributed by atoms with Crippen LogP contribution in [0.4, 0.5) is 5.82 Å².